The van der Waals surface area contributed by atoms with Crippen molar-refractivity contribution in [2.75, 3.05) is 6.61 Å². The second-order valence-corrected chi connectivity index (χ2v) is 5.22. The Labute approximate surface area is 110 Å². The number of alkyl halides is 1. The lowest BCUT2D eigenvalue weighted by molar-refractivity contribution is -0.0457. The quantitative estimate of drug-likeness (QED) is 0.597. The Bertz CT molecular complexity index is 554. The normalized spacial score (nSPS) is 31.8. The van der Waals surface area contributed by atoms with Gasteiger partial charge in [-0.3, -0.25) is 14.3 Å². The maximum atomic E-state index is 11.7. The van der Waals surface area contributed by atoms with Crippen LogP contribution in [-0.2, 0) is 4.74 Å². The Morgan fingerprint density at radius 3 is 2.78 bits per heavy atom. The highest BCUT2D eigenvalue weighted by Gasteiger charge is 2.43. The van der Waals surface area contributed by atoms with Crippen LogP contribution in [0.25, 0.3) is 0 Å². The van der Waals surface area contributed by atoms with E-state index in [1.54, 1.807) is 6.92 Å². The Morgan fingerprint density at radius 2 is 2.22 bits per heavy atom. The lowest BCUT2D eigenvalue weighted by Gasteiger charge is -2.17. The number of aliphatic hydroxyl groups is 2. The first-order valence-corrected chi connectivity index (χ1v) is 6.27. The molecule has 0 aromatic carbocycles. The van der Waals surface area contributed by atoms with Crippen molar-refractivity contribution in [2.45, 2.75) is 30.2 Å². The van der Waals surface area contributed by atoms with Gasteiger partial charge >= 0.3 is 5.69 Å². The molecule has 0 unspecified atom stereocenters. The molecular weight excluding hydrogens is 308 g/mol. The molecule has 1 saturated heterocycles. The highest BCUT2D eigenvalue weighted by Crippen LogP contribution is 2.33. The molecule has 1 aliphatic heterocycles. The van der Waals surface area contributed by atoms with Crippen LogP contribution >= 0.6 is 15.9 Å². The maximum absolute atomic E-state index is 11.7. The number of aliphatic hydroxyl groups excluding tert-OH is 2. The number of hydrogen-bond donors (Lipinski definition) is 3. The van der Waals surface area contributed by atoms with Gasteiger partial charge in [-0.25, -0.2) is 4.79 Å². The zero-order chi connectivity index (χ0) is 13.4. The predicted octanol–water partition coefficient (Wildman–Crippen LogP) is -1.14. The molecule has 0 spiro atoms. The number of H-pyrrole nitrogens is 1. The molecule has 4 atom stereocenters. The summed E-state index contributed by atoms with van der Waals surface area (Å²) in [5.74, 6) is 0. The first-order valence-electron chi connectivity index (χ1n) is 5.36. The SMILES string of the molecule is Cc1cn([C@H]2O[C@@H](CO)[C@@H](O)[C@H]2Br)c(=O)[nH]c1=O. The number of aryl methyl sites for hydroxylation is 1. The van der Waals surface area contributed by atoms with Crippen molar-refractivity contribution >= 4 is 15.9 Å². The minimum absolute atomic E-state index is 0.350. The van der Waals surface area contributed by atoms with Gasteiger partial charge in [0.25, 0.3) is 5.56 Å². The molecule has 1 aliphatic rings. The molecule has 3 N–H and O–H groups in total. The standard InChI is InChI=1S/C10H13BrN2O5/c1-4-2-13(10(17)12-8(4)16)9-6(11)7(15)5(3-14)18-9/h2,5-7,9,14-15H,3H2,1H3,(H,12,16,17)/t5-,6+,7+,9-/m0/s1. The summed E-state index contributed by atoms with van der Waals surface area (Å²) in [6, 6.07) is 0. The number of rotatable bonds is 2. The van der Waals surface area contributed by atoms with E-state index in [1.165, 1.54) is 10.8 Å². The van der Waals surface area contributed by atoms with Crippen LogP contribution in [0.3, 0.4) is 0 Å². The van der Waals surface area contributed by atoms with Gasteiger partial charge in [0, 0.05) is 11.8 Å². The Morgan fingerprint density at radius 1 is 1.56 bits per heavy atom. The monoisotopic (exact) mass is 320 g/mol. The van der Waals surface area contributed by atoms with E-state index in [2.05, 4.69) is 20.9 Å². The van der Waals surface area contributed by atoms with E-state index >= 15 is 0 Å². The summed E-state index contributed by atoms with van der Waals surface area (Å²) in [6.45, 7) is 1.21. The Hall–Kier alpha value is -0.960. The summed E-state index contributed by atoms with van der Waals surface area (Å²) in [7, 11) is 0. The first kappa shape index (κ1) is 13.5. The number of aromatic amines is 1. The average Bonchev–Trinajstić information content (AvgIpc) is 2.61. The fourth-order valence-corrected chi connectivity index (χ4v) is 2.57. The number of aromatic nitrogens is 2. The molecule has 1 fully saturated rings. The fourth-order valence-electron chi connectivity index (χ4n) is 1.85. The van der Waals surface area contributed by atoms with E-state index in [-0.39, 0.29) is 6.61 Å². The average molecular weight is 321 g/mol. The number of ether oxygens (including phenoxy) is 1. The predicted molar refractivity (Wildman–Crippen MR) is 65.8 cm³/mol. The molecule has 0 saturated carbocycles. The first-order chi connectivity index (χ1) is 8.45. The van der Waals surface area contributed by atoms with Crippen molar-refractivity contribution in [1.82, 2.24) is 9.55 Å². The van der Waals surface area contributed by atoms with Crippen molar-refractivity contribution in [3.05, 3.63) is 32.6 Å². The van der Waals surface area contributed by atoms with Crippen LogP contribution in [0, 0.1) is 6.92 Å². The van der Waals surface area contributed by atoms with E-state index in [1.807, 2.05) is 0 Å². The number of nitrogens with one attached hydrogen (secondary N) is 1. The largest absolute Gasteiger partial charge is 0.394 e. The molecule has 0 bridgehead atoms. The summed E-state index contributed by atoms with van der Waals surface area (Å²) < 4.78 is 6.58. The molecule has 100 valence electrons. The summed E-state index contributed by atoms with van der Waals surface area (Å²) in [4.78, 5) is 24.6. The molecule has 7 nitrogen and oxygen atoms in total. The van der Waals surface area contributed by atoms with Crippen molar-refractivity contribution in [2.24, 2.45) is 0 Å². The van der Waals surface area contributed by atoms with Crippen LogP contribution in [0.15, 0.2) is 15.8 Å². The highest BCUT2D eigenvalue weighted by atomic mass is 79.9. The minimum Gasteiger partial charge on any atom is -0.394 e. The van der Waals surface area contributed by atoms with Gasteiger partial charge < -0.3 is 14.9 Å². The van der Waals surface area contributed by atoms with Crippen LogP contribution < -0.4 is 11.2 Å². The second kappa shape index (κ2) is 4.96. The smallest absolute Gasteiger partial charge is 0.330 e. The van der Waals surface area contributed by atoms with Crippen LogP contribution in [0.1, 0.15) is 11.8 Å². The minimum atomic E-state index is -0.931. The molecule has 0 amide bonds. The molecule has 18 heavy (non-hydrogen) atoms. The van der Waals surface area contributed by atoms with Gasteiger partial charge in [0.05, 0.1) is 17.5 Å². The summed E-state index contributed by atoms with van der Waals surface area (Å²) in [6.07, 6.45) is -1.11. The van der Waals surface area contributed by atoms with Gasteiger partial charge in [-0.15, -0.1) is 0 Å². The lowest BCUT2D eigenvalue weighted by atomic mass is 10.2. The van der Waals surface area contributed by atoms with E-state index in [9.17, 15) is 14.7 Å². The van der Waals surface area contributed by atoms with Gasteiger partial charge in [-0.05, 0) is 6.92 Å². The molecule has 0 aliphatic carbocycles. The Balaban J connectivity index is 2.42. The van der Waals surface area contributed by atoms with Crippen molar-refractivity contribution in [3.63, 3.8) is 0 Å². The van der Waals surface area contributed by atoms with Gasteiger partial charge in [0.2, 0.25) is 0 Å². The summed E-state index contributed by atoms with van der Waals surface area (Å²) in [5.41, 5.74) is -0.717. The van der Waals surface area contributed by atoms with Crippen LogP contribution in [0.2, 0.25) is 0 Å². The maximum Gasteiger partial charge on any atom is 0.330 e. The summed E-state index contributed by atoms with van der Waals surface area (Å²) in [5, 5.41) is 18.8. The van der Waals surface area contributed by atoms with Gasteiger partial charge in [0.1, 0.15) is 6.10 Å². The topological polar surface area (TPSA) is 105 Å². The van der Waals surface area contributed by atoms with E-state index in [0.29, 0.717) is 5.56 Å². The molecule has 2 rings (SSSR count). The zero-order valence-corrected chi connectivity index (χ0v) is 11.1. The number of nitrogens with zero attached hydrogens (tertiary/aromatic N) is 1. The third kappa shape index (κ3) is 2.16. The van der Waals surface area contributed by atoms with Crippen molar-refractivity contribution in [1.29, 1.82) is 0 Å². The zero-order valence-electron chi connectivity index (χ0n) is 9.54. The molecule has 1 aromatic rings. The molecule has 2 heterocycles. The van der Waals surface area contributed by atoms with Gasteiger partial charge in [-0.2, -0.15) is 0 Å². The molecule has 1 aromatic heterocycles. The van der Waals surface area contributed by atoms with Crippen molar-refractivity contribution in [3.8, 4) is 0 Å². The number of halogens is 1. The molecule has 0 radical (unpaired) electrons. The highest BCUT2D eigenvalue weighted by molar-refractivity contribution is 9.09. The molecular formula is C10H13BrN2O5. The van der Waals surface area contributed by atoms with Crippen molar-refractivity contribution < 1.29 is 14.9 Å². The molecule has 8 heteroatoms. The van der Waals surface area contributed by atoms with E-state index in [4.69, 9.17) is 9.84 Å². The summed E-state index contributed by atoms with van der Waals surface area (Å²) >= 11 is 3.23. The van der Waals surface area contributed by atoms with E-state index in [0.717, 1.165) is 0 Å². The van der Waals surface area contributed by atoms with Crippen LogP contribution in [-0.4, -0.2) is 43.4 Å². The second-order valence-electron chi connectivity index (χ2n) is 4.16. The van der Waals surface area contributed by atoms with E-state index < -0.39 is 34.5 Å². The van der Waals surface area contributed by atoms with Gasteiger partial charge in [-0.1, -0.05) is 15.9 Å². The van der Waals surface area contributed by atoms with Crippen LogP contribution in [0.5, 0.6) is 0 Å². The number of hydrogen-bond acceptors (Lipinski definition) is 5. The third-order valence-electron chi connectivity index (χ3n) is 2.89. The van der Waals surface area contributed by atoms with Crippen LogP contribution in [0.4, 0.5) is 0 Å². The Kier molecular flexibility index (Phi) is 3.71. The van der Waals surface area contributed by atoms with Gasteiger partial charge in [0.15, 0.2) is 6.23 Å². The lowest BCUT2D eigenvalue weighted by Crippen LogP contribution is -2.36. The third-order valence-corrected chi connectivity index (χ3v) is 3.89. The fraction of sp³-hybridized carbons (Fsp3) is 0.600.